The van der Waals surface area contributed by atoms with Gasteiger partial charge in [-0.2, -0.15) is 4.31 Å². The molecule has 0 aromatic heterocycles. The Bertz CT molecular complexity index is 787. The number of nitrogens with one attached hydrogen (secondary N) is 2. The molecule has 2 N–H and O–H groups in total. The van der Waals surface area contributed by atoms with Gasteiger partial charge in [-0.05, 0) is 30.4 Å². The fourth-order valence-electron chi connectivity index (χ4n) is 3.71. The molecule has 8 heteroatoms. The fourth-order valence-corrected chi connectivity index (χ4v) is 4.88. The molecule has 2 saturated heterocycles. The van der Waals surface area contributed by atoms with Gasteiger partial charge in [-0.3, -0.25) is 10.2 Å². The molecule has 2 fully saturated rings. The molecular formula is C20H30N4O3S. The summed E-state index contributed by atoms with van der Waals surface area (Å²) in [5, 5.41) is 1.25. The zero-order valence-electron chi connectivity index (χ0n) is 16.5. The summed E-state index contributed by atoms with van der Waals surface area (Å²) in [7, 11) is -3.49. The summed E-state index contributed by atoms with van der Waals surface area (Å²) >= 11 is 0. The molecule has 2 aliphatic rings. The first-order valence-electron chi connectivity index (χ1n) is 9.88. The van der Waals surface area contributed by atoms with Gasteiger partial charge in [0.1, 0.15) is 6.04 Å². The SMILES string of the molecule is CC(C)CC1CC(C(=O)N2CCN(S(=O)(=O)/C=C/c3ccccc3)CC2)NN1. The topological polar surface area (TPSA) is 81.8 Å². The van der Waals surface area contributed by atoms with E-state index in [1.165, 1.54) is 9.71 Å². The monoisotopic (exact) mass is 406 g/mol. The predicted octanol–water partition coefficient (Wildman–Crippen LogP) is 1.41. The minimum atomic E-state index is -3.49. The van der Waals surface area contributed by atoms with Gasteiger partial charge in [-0.1, -0.05) is 44.2 Å². The number of rotatable bonds is 6. The molecule has 1 aromatic carbocycles. The van der Waals surface area contributed by atoms with Gasteiger partial charge >= 0.3 is 0 Å². The van der Waals surface area contributed by atoms with Crippen molar-refractivity contribution in [1.29, 1.82) is 0 Å². The molecule has 7 nitrogen and oxygen atoms in total. The Morgan fingerprint density at radius 1 is 1.14 bits per heavy atom. The Hall–Kier alpha value is -1.74. The molecule has 1 aromatic rings. The zero-order valence-corrected chi connectivity index (χ0v) is 17.4. The number of hydrazine groups is 1. The summed E-state index contributed by atoms with van der Waals surface area (Å²) in [6.07, 6.45) is 3.40. The normalized spacial score (nSPS) is 24.3. The van der Waals surface area contributed by atoms with E-state index in [1.807, 2.05) is 30.3 Å². The molecule has 3 rings (SSSR count). The van der Waals surface area contributed by atoms with Crippen LogP contribution in [0.3, 0.4) is 0 Å². The van der Waals surface area contributed by atoms with Gasteiger partial charge in [0.2, 0.25) is 15.9 Å². The molecule has 154 valence electrons. The third-order valence-electron chi connectivity index (χ3n) is 5.18. The van der Waals surface area contributed by atoms with E-state index in [9.17, 15) is 13.2 Å². The van der Waals surface area contributed by atoms with E-state index in [0.29, 0.717) is 38.1 Å². The van der Waals surface area contributed by atoms with Gasteiger partial charge in [0.15, 0.2) is 0 Å². The third kappa shape index (κ3) is 5.41. The predicted molar refractivity (Wildman–Crippen MR) is 110 cm³/mol. The van der Waals surface area contributed by atoms with Crippen molar-refractivity contribution in [3.8, 4) is 0 Å². The van der Waals surface area contributed by atoms with Crippen LogP contribution in [0.5, 0.6) is 0 Å². The Morgan fingerprint density at radius 2 is 1.82 bits per heavy atom. The molecule has 0 bridgehead atoms. The van der Waals surface area contributed by atoms with Crippen molar-refractivity contribution in [3.05, 3.63) is 41.3 Å². The minimum absolute atomic E-state index is 0.0515. The number of hydrogen-bond acceptors (Lipinski definition) is 5. The van der Waals surface area contributed by atoms with Gasteiger partial charge in [0.05, 0.1) is 0 Å². The number of benzene rings is 1. The van der Waals surface area contributed by atoms with Crippen molar-refractivity contribution >= 4 is 22.0 Å². The van der Waals surface area contributed by atoms with E-state index in [0.717, 1.165) is 18.4 Å². The van der Waals surface area contributed by atoms with Gasteiger partial charge in [-0.25, -0.2) is 13.8 Å². The molecule has 2 heterocycles. The van der Waals surface area contributed by atoms with Crippen LogP contribution in [0.2, 0.25) is 0 Å². The van der Waals surface area contributed by atoms with Gasteiger partial charge in [0, 0.05) is 37.6 Å². The molecule has 0 saturated carbocycles. The van der Waals surface area contributed by atoms with Crippen molar-refractivity contribution < 1.29 is 13.2 Å². The van der Waals surface area contributed by atoms with E-state index >= 15 is 0 Å². The van der Waals surface area contributed by atoms with Crippen molar-refractivity contribution in [2.24, 2.45) is 5.92 Å². The van der Waals surface area contributed by atoms with Crippen molar-refractivity contribution in [3.63, 3.8) is 0 Å². The lowest BCUT2D eigenvalue weighted by atomic mass is 9.99. The average molecular weight is 407 g/mol. The highest BCUT2D eigenvalue weighted by Crippen LogP contribution is 2.17. The standard InChI is InChI=1S/C20H30N4O3S/c1-16(2)14-18-15-19(22-21-18)20(25)23-9-11-24(12-10-23)28(26,27)13-8-17-6-4-3-5-7-17/h3-8,13,16,18-19,21-22H,9-12,14-15H2,1-2H3/b13-8+. The molecule has 0 aliphatic carbocycles. The van der Waals surface area contributed by atoms with Crippen LogP contribution in [0, 0.1) is 5.92 Å². The van der Waals surface area contributed by atoms with Crippen LogP contribution < -0.4 is 10.9 Å². The van der Waals surface area contributed by atoms with Crippen LogP contribution in [0.4, 0.5) is 0 Å². The molecule has 1 amide bonds. The number of hydrogen-bond donors (Lipinski definition) is 2. The maximum atomic E-state index is 12.7. The first-order valence-corrected chi connectivity index (χ1v) is 11.4. The molecule has 0 radical (unpaired) electrons. The van der Waals surface area contributed by atoms with Gasteiger partial charge < -0.3 is 4.90 Å². The van der Waals surface area contributed by atoms with E-state index in [1.54, 1.807) is 11.0 Å². The van der Waals surface area contributed by atoms with Crippen LogP contribution >= 0.6 is 0 Å². The summed E-state index contributed by atoms with van der Waals surface area (Å²) in [5.74, 6) is 0.626. The first-order chi connectivity index (χ1) is 13.3. The summed E-state index contributed by atoms with van der Waals surface area (Å²) in [6.45, 7) is 5.82. The van der Waals surface area contributed by atoms with Crippen LogP contribution in [-0.4, -0.2) is 61.8 Å². The Labute approximate surface area is 167 Å². The second-order valence-electron chi connectivity index (χ2n) is 7.89. The minimum Gasteiger partial charge on any atom is -0.339 e. The van der Waals surface area contributed by atoms with Crippen molar-refractivity contribution in [2.45, 2.75) is 38.8 Å². The van der Waals surface area contributed by atoms with Crippen LogP contribution in [-0.2, 0) is 14.8 Å². The van der Waals surface area contributed by atoms with Gasteiger partial charge in [0.25, 0.3) is 0 Å². The fraction of sp³-hybridized carbons (Fsp3) is 0.550. The second-order valence-corrected chi connectivity index (χ2v) is 9.70. The molecule has 2 aliphatic heterocycles. The number of piperazine rings is 1. The number of nitrogens with zero attached hydrogens (tertiary/aromatic N) is 2. The van der Waals surface area contributed by atoms with Crippen LogP contribution in [0.1, 0.15) is 32.3 Å². The van der Waals surface area contributed by atoms with E-state index in [-0.39, 0.29) is 11.9 Å². The summed E-state index contributed by atoms with van der Waals surface area (Å²) in [5.41, 5.74) is 7.16. The largest absolute Gasteiger partial charge is 0.339 e. The molecule has 2 unspecified atom stereocenters. The number of sulfonamides is 1. The third-order valence-corrected chi connectivity index (χ3v) is 6.74. The summed E-state index contributed by atoms with van der Waals surface area (Å²) < 4.78 is 26.5. The zero-order chi connectivity index (χ0) is 20.1. The van der Waals surface area contributed by atoms with Gasteiger partial charge in [-0.15, -0.1) is 0 Å². The number of carbonyl (C=O) groups excluding carboxylic acids is 1. The average Bonchev–Trinajstić information content (AvgIpc) is 3.14. The van der Waals surface area contributed by atoms with E-state index in [2.05, 4.69) is 24.7 Å². The quantitative estimate of drug-likeness (QED) is 0.747. The lowest BCUT2D eigenvalue weighted by Gasteiger charge is -2.34. The maximum Gasteiger partial charge on any atom is 0.241 e. The Morgan fingerprint density at radius 3 is 2.46 bits per heavy atom. The highest BCUT2D eigenvalue weighted by Gasteiger charge is 2.35. The smallest absolute Gasteiger partial charge is 0.241 e. The van der Waals surface area contributed by atoms with Crippen LogP contribution in [0.25, 0.3) is 6.08 Å². The summed E-state index contributed by atoms with van der Waals surface area (Å²) in [4.78, 5) is 14.5. The highest BCUT2D eigenvalue weighted by molar-refractivity contribution is 7.92. The molecule has 2 atom stereocenters. The lowest BCUT2D eigenvalue weighted by Crippen LogP contribution is -2.54. The second kappa shape index (κ2) is 9.17. The van der Waals surface area contributed by atoms with E-state index in [4.69, 9.17) is 0 Å². The molecule has 0 spiro atoms. The van der Waals surface area contributed by atoms with E-state index < -0.39 is 10.0 Å². The Kier molecular flexibility index (Phi) is 6.87. The number of carbonyl (C=O) groups is 1. The summed E-state index contributed by atoms with van der Waals surface area (Å²) in [6, 6.07) is 9.42. The highest BCUT2D eigenvalue weighted by atomic mass is 32.2. The lowest BCUT2D eigenvalue weighted by molar-refractivity contribution is -0.134. The van der Waals surface area contributed by atoms with Crippen molar-refractivity contribution in [1.82, 2.24) is 20.1 Å². The van der Waals surface area contributed by atoms with Crippen LogP contribution in [0.15, 0.2) is 35.7 Å². The molecular weight excluding hydrogens is 376 g/mol. The molecule has 28 heavy (non-hydrogen) atoms. The maximum absolute atomic E-state index is 12.7. The Balaban J connectivity index is 1.51. The van der Waals surface area contributed by atoms with Crippen molar-refractivity contribution in [2.75, 3.05) is 26.2 Å². The first kappa shape index (κ1) is 21.0. The number of amides is 1.